The molecule has 0 amide bonds. The summed E-state index contributed by atoms with van der Waals surface area (Å²) in [6, 6.07) is 0. The van der Waals surface area contributed by atoms with Gasteiger partial charge in [0.15, 0.2) is 0 Å². The number of rotatable bonds is 3. The Labute approximate surface area is 91.6 Å². The molecule has 15 heavy (non-hydrogen) atoms. The lowest BCUT2D eigenvalue weighted by atomic mass is 9.54. The minimum Gasteiger partial charge on any atom is -0.298 e. The summed E-state index contributed by atoms with van der Waals surface area (Å²) in [6.45, 7) is 9.67. The number of allylic oxidation sites excluding steroid dienone is 4. The summed E-state index contributed by atoms with van der Waals surface area (Å²) < 4.78 is 0. The lowest BCUT2D eigenvalue weighted by Gasteiger charge is -2.47. The van der Waals surface area contributed by atoms with Gasteiger partial charge < -0.3 is 0 Å². The number of hydrogen-bond donors (Lipinski definition) is 0. The van der Waals surface area contributed by atoms with Crippen molar-refractivity contribution in [2.45, 2.75) is 19.8 Å². The van der Waals surface area contributed by atoms with Crippen LogP contribution < -0.4 is 0 Å². The highest BCUT2D eigenvalue weighted by Gasteiger charge is 2.50. The van der Waals surface area contributed by atoms with Crippen LogP contribution >= 0.6 is 0 Å². The topological polar surface area (TPSA) is 17.1 Å². The molecule has 4 atom stereocenters. The molecule has 1 heteroatoms. The van der Waals surface area contributed by atoms with Gasteiger partial charge in [-0.3, -0.25) is 4.79 Å². The summed E-state index contributed by atoms with van der Waals surface area (Å²) in [5.74, 6) is 1.17. The van der Waals surface area contributed by atoms with Crippen LogP contribution in [0.2, 0.25) is 0 Å². The van der Waals surface area contributed by atoms with E-state index >= 15 is 0 Å². The zero-order valence-electron chi connectivity index (χ0n) is 9.28. The van der Waals surface area contributed by atoms with Gasteiger partial charge in [-0.25, -0.2) is 0 Å². The molecule has 0 heterocycles. The van der Waals surface area contributed by atoms with E-state index in [1.807, 2.05) is 12.2 Å². The molecule has 0 aromatic rings. The molecule has 0 spiro atoms. The highest BCUT2D eigenvalue weighted by atomic mass is 16.1. The van der Waals surface area contributed by atoms with E-state index in [1.54, 1.807) is 0 Å². The normalized spacial score (nSPS) is 43.0. The Balaban J connectivity index is 2.36. The van der Waals surface area contributed by atoms with Gasteiger partial charge in [-0.2, -0.15) is 0 Å². The van der Waals surface area contributed by atoms with Crippen molar-refractivity contribution in [2.75, 3.05) is 0 Å². The molecule has 3 aliphatic carbocycles. The number of hydrogen-bond acceptors (Lipinski definition) is 1. The maximum absolute atomic E-state index is 12.3. The van der Waals surface area contributed by atoms with E-state index in [4.69, 9.17) is 0 Å². The second-order valence-electron chi connectivity index (χ2n) is 4.93. The van der Waals surface area contributed by atoms with E-state index in [1.165, 1.54) is 0 Å². The van der Waals surface area contributed by atoms with Gasteiger partial charge in [0, 0.05) is 11.3 Å². The molecule has 80 valence electrons. The first-order valence-electron chi connectivity index (χ1n) is 5.59. The lowest BCUT2D eigenvalue weighted by molar-refractivity contribution is -0.138. The van der Waals surface area contributed by atoms with Crippen LogP contribution in [0.3, 0.4) is 0 Å². The van der Waals surface area contributed by atoms with E-state index in [0.717, 1.165) is 12.8 Å². The molecule has 1 fully saturated rings. The Morgan fingerprint density at radius 3 is 2.80 bits per heavy atom. The van der Waals surface area contributed by atoms with Crippen molar-refractivity contribution in [1.29, 1.82) is 0 Å². The fourth-order valence-corrected chi connectivity index (χ4v) is 3.03. The molecule has 2 bridgehead atoms. The predicted molar refractivity (Wildman–Crippen MR) is 62.4 cm³/mol. The van der Waals surface area contributed by atoms with Crippen LogP contribution in [0.4, 0.5) is 0 Å². The SMILES string of the molecule is C=CC[C@]1(C)C(=O)[C@H]2C=C[C@@H]1C[C@@H]2C=C. The highest BCUT2D eigenvalue weighted by Crippen LogP contribution is 2.50. The van der Waals surface area contributed by atoms with Gasteiger partial charge in [0.25, 0.3) is 0 Å². The van der Waals surface area contributed by atoms with Crippen molar-refractivity contribution in [3.8, 4) is 0 Å². The highest BCUT2D eigenvalue weighted by molar-refractivity contribution is 5.91. The summed E-state index contributed by atoms with van der Waals surface area (Å²) in [5.41, 5.74) is -0.208. The quantitative estimate of drug-likeness (QED) is 0.642. The van der Waals surface area contributed by atoms with Crippen LogP contribution in [0.25, 0.3) is 0 Å². The minimum absolute atomic E-state index is 0.0671. The lowest BCUT2D eigenvalue weighted by Crippen LogP contribution is -2.49. The molecule has 0 radical (unpaired) electrons. The summed E-state index contributed by atoms with van der Waals surface area (Å²) in [4.78, 5) is 12.3. The number of Topliss-reactive ketones (excluding diaryl/α,β-unsaturated/α-hetero) is 1. The number of carbonyl (C=O) groups excluding carboxylic acids is 1. The van der Waals surface area contributed by atoms with Crippen LogP contribution in [-0.4, -0.2) is 5.78 Å². The largest absolute Gasteiger partial charge is 0.298 e. The third-order valence-corrected chi connectivity index (χ3v) is 4.09. The van der Waals surface area contributed by atoms with Gasteiger partial charge in [0.05, 0.1) is 0 Å². The monoisotopic (exact) mass is 202 g/mol. The van der Waals surface area contributed by atoms with E-state index < -0.39 is 0 Å². The number of fused-ring (bicyclic) bond motifs is 2. The van der Waals surface area contributed by atoms with Crippen molar-refractivity contribution in [2.24, 2.45) is 23.2 Å². The third kappa shape index (κ3) is 1.33. The van der Waals surface area contributed by atoms with E-state index in [2.05, 4.69) is 32.2 Å². The van der Waals surface area contributed by atoms with Gasteiger partial charge in [0.2, 0.25) is 0 Å². The Bertz CT molecular complexity index is 339. The van der Waals surface area contributed by atoms with Crippen LogP contribution in [0, 0.1) is 23.2 Å². The maximum Gasteiger partial charge on any atom is 0.147 e. The van der Waals surface area contributed by atoms with Crippen LogP contribution in [0.1, 0.15) is 19.8 Å². The summed E-state index contributed by atoms with van der Waals surface area (Å²) in [5, 5.41) is 0. The van der Waals surface area contributed by atoms with Crippen molar-refractivity contribution in [3.63, 3.8) is 0 Å². The van der Waals surface area contributed by atoms with Crippen LogP contribution in [0.15, 0.2) is 37.5 Å². The molecule has 3 rings (SSSR count). The molecule has 0 aliphatic heterocycles. The van der Waals surface area contributed by atoms with Gasteiger partial charge >= 0.3 is 0 Å². The molecule has 1 saturated carbocycles. The Morgan fingerprint density at radius 1 is 1.53 bits per heavy atom. The molecule has 0 unspecified atom stereocenters. The molecule has 3 aliphatic rings. The van der Waals surface area contributed by atoms with Crippen molar-refractivity contribution in [3.05, 3.63) is 37.5 Å². The van der Waals surface area contributed by atoms with Gasteiger partial charge in [-0.15, -0.1) is 13.2 Å². The molecule has 0 aromatic heterocycles. The average molecular weight is 202 g/mol. The first-order valence-corrected chi connectivity index (χ1v) is 5.59. The third-order valence-electron chi connectivity index (χ3n) is 4.09. The summed E-state index contributed by atoms with van der Waals surface area (Å²) in [7, 11) is 0. The molecular weight excluding hydrogens is 184 g/mol. The molecule has 0 aromatic carbocycles. The number of ketones is 1. The molecule has 0 saturated heterocycles. The van der Waals surface area contributed by atoms with Crippen molar-refractivity contribution < 1.29 is 4.79 Å². The molecular formula is C14H18O. The summed E-state index contributed by atoms with van der Waals surface area (Å²) in [6.07, 6.45) is 9.97. The van der Waals surface area contributed by atoms with Gasteiger partial charge in [-0.05, 0) is 24.7 Å². The Hall–Kier alpha value is -1.11. The Kier molecular flexibility index (Phi) is 2.41. The molecule has 0 N–H and O–H groups in total. The fraction of sp³-hybridized carbons (Fsp3) is 0.500. The van der Waals surface area contributed by atoms with E-state index in [-0.39, 0.29) is 11.3 Å². The van der Waals surface area contributed by atoms with Crippen LogP contribution in [-0.2, 0) is 4.79 Å². The maximum atomic E-state index is 12.3. The standard InChI is InChI=1S/C14H18O/c1-4-8-14(3)11-6-7-12(13(14)15)10(5-2)9-11/h4-7,10-12H,1-2,8-9H2,3H3/t10-,11+,12-,14-/m0/s1. The van der Waals surface area contributed by atoms with Crippen molar-refractivity contribution >= 4 is 5.78 Å². The van der Waals surface area contributed by atoms with Gasteiger partial charge in [-0.1, -0.05) is 31.2 Å². The fourth-order valence-electron chi connectivity index (χ4n) is 3.03. The van der Waals surface area contributed by atoms with E-state index in [0.29, 0.717) is 17.6 Å². The second kappa shape index (κ2) is 3.48. The van der Waals surface area contributed by atoms with E-state index in [9.17, 15) is 4.79 Å². The zero-order chi connectivity index (χ0) is 11.1. The zero-order valence-corrected chi connectivity index (χ0v) is 9.28. The van der Waals surface area contributed by atoms with Crippen molar-refractivity contribution in [1.82, 2.24) is 0 Å². The predicted octanol–water partition coefficient (Wildman–Crippen LogP) is 3.15. The smallest absolute Gasteiger partial charge is 0.147 e. The first kappa shape index (κ1) is 10.4. The molecule has 1 nitrogen and oxygen atoms in total. The minimum atomic E-state index is -0.208. The average Bonchev–Trinajstić information content (AvgIpc) is 2.25. The van der Waals surface area contributed by atoms with Gasteiger partial charge in [0.1, 0.15) is 5.78 Å². The first-order chi connectivity index (χ1) is 7.13. The second-order valence-corrected chi connectivity index (χ2v) is 4.93. The summed E-state index contributed by atoms with van der Waals surface area (Å²) >= 11 is 0. The Morgan fingerprint density at radius 2 is 2.27 bits per heavy atom. The van der Waals surface area contributed by atoms with Crippen LogP contribution in [0.5, 0.6) is 0 Å². The number of carbonyl (C=O) groups is 1.